The Labute approximate surface area is 107 Å². The number of rotatable bonds is 3. The van der Waals surface area contributed by atoms with E-state index in [1.54, 1.807) is 6.20 Å². The van der Waals surface area contributed by atoms with Crippen molar-refractivity contribution in [1.82, 2.24) is 9.97 Å². The van der Waals surface area contributed by atoms with Crippen LogP contribution in [0.3, 0.4) is 0 Å². The van der Waals surface area contributed by atoms with Gasteiger partial charge < -0.3 is 9.64 Å². The second kappa shape index (κ2) is 5.33. The van der Waals surface area contributed by atoms with E-state index in [9.17, 15) is 4.79 Å². The number of ether oxygens (including phenoxy) is 1. The molecule has 0 aliphatic carbocycles. The molecule has 1 atom stereocenters. The molecule has 0 N–H and O–H groups in total. The molecule has 1 aliphatic rings. The first kappa shape index (κ1) is 12.8. The average Bonchev–Trinajstić information content (AvgIpc) is 2.87. The summed E-state index contributed by atoms with van der Waals surface area (Å²) in [7, 11) is 1.34. The zero-order valence-corrected chi connectivity index (χ0v) is 11.1. The lowest BCUT2D eigenvalue weighted by Gasteiger charge is -2.28. The van der Waals surface area contributed by atoms with Gasteiger partial charge in [0.2, 0.25) is 0 Å². The van der Waals surface area contributed by atoms with Gasteiger partial charge in [0.15, 0.2) is 5.69 Å². The molecular formula is C13H19N3O2. The van der Waals surface area contributed by atoms with Crippen LogP contribution in [0.5, 0.6) is 0 Å². The maximum Gasteiger partial charge on any atom is 0.358 e. The zero-order valence-electron chi connectivity index (χ0n) is 11.1. The Balaban J connectivity index is 2.16. The van der Waals surface area contributed by atoms with E-state index < -0.39 is 5.97 Å². The Morgan fingerprint density at radius 1 is 1.44 bits per heavy atom. The quantitative estimate of drug-likeness (QED) is 0.766. The molecule has 1 aromatic heterocycles. The summed E-state index contributed by atoms with van der Waals surface area (Å²) in [6.07, 6.45) is 5.52. The fourth-order valence-corrected chi connectivity index (χ4v) is 2.45. The third-order valence-electron chi connectivity index (χ3n) is 3.40. The number of methoxy groups -OCH3 is 1. The van der Waals surface area contributed by atoms with Crippen LogP contribution in [-0.2, 0) is 4.74 Å². The van der Waals surface area contributed by atoms with Crippen molar-refractivity contribution in [3.63, 3.8) is 0 Å². The molecular weight excluding hydrogens is 230 g/mol. The molecule has 0 aromatic carbocycles. The Hall–Kier alpha value is -1.65. The van der Waals surface area contributed by atoms with Gasteiger partial charge in [-0.15, -0.1) is 0 Å². The fraction of sp³-hybridized carbons (Fsp3) is 0.615. The minimum atomic E-state index is -0.448. The van der Waals surface area contributed by atoms with Crippen LogP contribution in [0.25, 0.3) is 0 Å². The summed E-state index contributed by atoms with van der Waals surface area (Å²) in [5.41, 5.74) is 0.251. The van der Waals surface area contributed by atoms with Gasteiger partial charge in [-0.3, -0.25) is 0 Å². The molecule has 0 amide bonds. The van der Waals surface area contributed by atoms with Crippen molar-refractivity contribution in [3.8, 4) is 0 Å². The lowest BCUT2D eigenvalue weighted by Crippen LogP contribution is -2.34. The monoisotopic (exact) mass is 249 g/mol. The second-order valence-electron chi connectivity index (χ2n) is 4.90. The summed E-state index contributed by atoms with van der Waals surface area (Å²) in [6, 6.07) is 0.517. The van der Waals surface area contributed by atoms with Gasteiger partial charge in [-0.2, -0.15) is 0 Å². The molecule has 1 aliphatic heterocycles. The SMILES string of the molecule is COC(=O)c1cnc(N2CCCC2C(C)C)cn1. The van der Waals surface area contributed by atoms with Gasteiger partial charge in [-0.1, -0.05) is 13.8 Å². The van der Waals surface area contributed by atoms with Crippen molar-refractivity contribution in [2.45, 2.75) is 32.7 Å². The molecule has 18 heavy (non-hydrogen) atoms. The molecule has 5 heteroatoms. The van der Waals surface area contributed by atoms with Crippen molar-refractivity contribution in [1.29, 1.82) is 0 Å². The Morgan fingerprint density at radius 3 is 2.78 bits per heavy atom. The third-order valence-corrected chi connectivity index (χ3v) is 3.40. The number of carbonyl (C=O) groups is 1. The average molecular weight is 249 g/mol. The summed E-state index contributed by atoms with van der Waals surface area (Å²) >= 11 is 0. The maximum atomic E-state index is 11.3. The molecule has 2 rings (SSSR count). The highest BCUT2D eigenvalue weighted by molar-refractivity contribution is 5.86. The van der Waals surface area contributed by atoms with Gasteiger partial charge in [0.25, 0.3) is 0 Å². The predicted octanol–water partition coefficient (Wildman–Crippen LogP) is 1.89. The van der Waals surface area contributed by atoms with Crippen molar-refractivity contribution in [3.05, 3.63) is 18.1 Å². The molecule has 1 unspecified atom stereocenters. The number of carbonyl (C=O) groups excluding carboxylic acids is 1. The third kappa shape index (κ3) is 2.44. The van der Waals surface area contributed by atoms with E-state index in [1.165, 1.54) is 26.1 Å². The molecule has 98 valence electrons. The molecule has 0 spiro atoms. The van der Waals surface area contributed by atoms with Gasteiger partial charge in [0.05, 0.1) is 19.5 Å². The van der Waals surface area contributed by atoms with Gasteiger partial charge >= 0.3 is 5.97 Å². The Bertz CT molecular complexity index is 417. The van der Waals surface area contributed by atoms with Crippen LogP contribution in [0.2, 0.25) is 0 Å². The highest BCUT2D eigenvalue weighted by Crippen LogP contribution is 2.27. The van der Waals surface area contributed by atoms with Crippen LogP contribution in [0.1, 0.15) is 37.2 Å². The number of esters is 1. The molecule has 1 saturated heterocycles. The first-order valence-electron chi connectivity index (χ1n) is 6.30. The van der Waals surface area contributed by atoms with Gasteiger partial charge in [0.1, 0.15) is 5.82 Å². The largest absolute Gasteiger partial charge is 0.464 e. The lowest BCUT2D eigenvalue weighted by atomic mass is 10.0. The first-order valence-corrected chi connectivity index (χ1v) is 6.30. The molecule has 0 bridgehead atoms. The minimum Gasteiger partial charge on any atom is -0.464 e. The number of nitrogens with zero attached hydrogens (tertiary/aromatic N) is 3. The van der Waals surface area contributed by atoms with E-state index in [1.807, 2.05) is 0 Å². The molecule has 1 aromatic rings. The van der Waals surface area contributed by atoms with E-state index in [4.69, 9.17) is 0 Å². The molecule has 0 radical (unpaired) electrons. The topological polar surface area (TPSA) is 55.3 Å². The van der Waals surface area contributed by atoms with Crippen LogP contribution >= 0.6 is 0 Å². The van der Waals surface area contributed by atoms with E-state index in [-0.39, 0.29) is 5.69 Å². The van der Waals surface area contributed by atoms with Gasteiger partial charge in [0, 0.05) is 12.6 Å². The smallest absolute Gasteiger partial charge is 0.358 e. The Morgan fingerprint density at radius 2 is 2.22 bits per heavy atom. The van der Waals surface area contributed by atoms with Crippen molar-refractivity contribution >= 4 is 11.8 Å². The number of aromatic nitrogens is 2. The number of anilines is 1. The maximum absolute atomic E-state index is 11.3. The van der Waals surface area contributed by atoms with Crippen LogP contribution in [0.15, 0.2) is 12.4 Å². The molecule has 1 fully saturated rings. The van der Waals surface area contributed by atoms with Crippen LogP contribution < -0.4 is 4.90 Å². The first-order chi connectivity index (χ1) is 8.63. The molecule has 0 saturated carbocycles. The van der Waals surface area contributed by atoms with Crippen LogP contribution in [0.4, 0.5) is 5.82 Å². The summed E-state index contributed by atoms with van der Waals surface area (Å²) in [4.78, 5) is 22.0. The summed E-state index contributed by atoms with van der Waals surface area (Å²) in [5, 5.41) is 0. The number of hydrogen-bond donors (Lipinski definition) is 0. The van der Waals surface area contributed by atoms with Gasteiger partial charge in [-0.05, 0) is 18.8 Å². The Kier molecular flexibility index (Phi) is 3.79. The number of hydrogen-bond acceptors (Lipinski definition) is 5. The van der Waals surface area contributed by atoms with E-state index in [2.05, 4.69) is 33.5 Å². The molecule has 2 heterocycles. The van der Waals surface area contributed by atoms with E-state index in [0.29, 0.717) is 12.0 Å². The van der Waals surface area contributed by atoms with Crippen molar-refractivity contribution < 1.29 is 9.53 Å². The minimum absolute atomic E-state index is 0.251. The van der Waals surface area contributed by atoms with Crippen LogP contribution in [0, 0.1) is 5.92 Å². The fourth-order valence-electron chi connectivity index (χ4n) is 2.45. The standard InChI is InChI=1S/C13H19N3O2/c1-9(2)11-5-4-6-16(11)12-8-14-10(7-15-12)13(17)18-3/h7-9,11H,4-6H2,1-3H3. The van der Waals surface area contributed by atoms with Crippen LogP contribution in [-0.4, -0.2) is 35.6 Å². The van der Waals surface area contributed by atoms with Crippen molar-refractivity contribution in [2.75, 3.05) is 18.6 Å². The summed E-state index contributed by atoms with van der Waals surface area (Å²) in [5.74, 6) is 0.990. The lowest BCUT2D eigenvalue weighted by molar-refractivity contribution is 0.0593. The highest BCUT2D eigenvalue weighted by atomic mass is 16.5. The van der Waals surface area contributed by atoms with Gasteiger partial charge in [-0.25, -0.2) is 14.8 Å². The zero-order chi connectivity index (χ0) is 13.1. The summed E-state index contributed by atoms with van der Waals surface area (Å²) in [6.45, 7) is 5.45. The van der Waals surface area contributed by atoms with E-state index in [0.717, 1.165) is 12.4 Å². The van der Waals surface area contributed by atoms with E-state index >= 15 is 0 Å². The second-order valence-corrected chi connectivity index (χ2v) is 4.90. The highest BCUT2D eigenvalue weighted by Gasteiger charge is 2.28. The van der Waals surface area contributed by atoms with Crippen molar-refractivity contribution in [2.24, 2.45) is 5.92 Å². The summed E-state index contributed by atoms with van der Waals surface area (Å²) < 4.78 is 4.61. The predicted molar refractivity (Wildman–Crippen MR) is 68.6 cm³/mol. The normalized spacial score (nSPS) is 19.3. The molecule has 5 nitrogen and oxygen atoms in total.